The minimum Gasteiger partial charge on any atom is -0.494 e. The molecule has 0 spiro atoms. The Kier molecular flexibility index (Phi) is 8.66. The van der Waals surface area contributed by atoms with Gasteiger partial charge in [0.05, 0.1) is 6.61 Å². The number of carbonyl (C=O) groups is 1. The zero-order valence-electron chi connectivity index (χ0n) is 21.7. The molecule has 1 amide bonds. The van der Waals surface area contributed by atoms with E-state index in [-0.39, 0.29) is 25.0 Å². The van der Waals surface area contributed by atoms with E-state index in [1.165, 1.54) is 0 Å². The molecule has 0 unspecified atom stereocenters. The van der Waals surface area contributed by atoms with Crippen LogP contribution in [0.15, 0.2) is 87.4 Å². The Morgan fingerprint density at radius 1 is 1.15 bits per heavy atom. The Morgan fingerprint density at radius 2 is 1.90 bits per heavy atom. The molecular formula is C29H29BrN6O4. The average Bonchev–Trinajstić information content (AvgIpc) is 3.73. The summed E-state index contributed by atoms with van der Waals surface area (Å²) in [5, 5.41) is 12.9. The number of hydrogen-bond donors (Lipinski definition) is 3. The van der Waals surface area contributed by atoms with Crippen molar-refractivity contribution in [3.05, 3.63) is 104 Å². The van der Waals surface area contributed by atoms with Gasteiger partial charge in [0.25, 0.3) is 5.91 Å². The Labute approximate surface area is 240 Å². The number of hydrogen-bond acceptors (Lipinski definition) is 7. The molecule has 1 aliphatic heterocycles. The predicted octanol–water partition coefficient (Wildman–Crippen LogP) is 5.43. The van der Waals surface area contributed by atoms with Crippen molar-refractivity contribution < 1.29 is 19.4 Å². The maximum atomic E-state index is 14.1. The maximum absolute atomic E-state index is 14.1. The lowest BCUT2D eigenvalue weighted by molar-refractivity contribution is -0.130. The highest BCUT2D eigenvalue weighted by Gasteiger charge is 2.54. The summed E-state index contributed by atoms with van der Waals surface area (Å²) in [6.07, 6.45) is 1.86. The van der Waals surface area contributed by atoms with Crippen molar-refractivity contribution in [1.29, 1.82) is 0 Å². The lowest BCUT2D eigenvalue weighted by Crippen LogP contribution is -2.54. The largest absolute Gasteiger partial charge is 0.494 e. The number of aliphatic imine (C=N–C) groups is 1. The number of aliphatic hydroxyl groups excluding tert-OH is 1. The number of amides is 1. The number of benzene rings is 3. The number of halogens is 1. The molecule has 1 saturated carbocycles. The minimum atomic E-state index is -1.41. The van der Waals surface area contributed by atoms with Crippen LogP contribution >= 0.6 is 15.9 Å². The van der Waals surface area contributed by atoms with E-state index in [2.05, 4.69) is 36.8 Å². The molecule has 40 heavy (non-hydrogen) atoms. The number of nitrogens with one attached hydrogen (secondary N) is 2. The molecule has 1 heterocycles. The Morgan fingerprint density at radius 3 is 2.60 bits per heavy atom. The first-order valence-corrected chi connectivity index (χ1v) is 13.9. The van der Waals surface area contributed by atoms with Crippen molar-refractivity contribution >= 4 is 33.4 Å². The van der Waals surface area contributed by atoms with Crippen LogP contribution in [0.2, 0.25) is 0 Å². The monoisotopic (exact) mass is 604 g/mol. The van der Waals surface area contributed by atoms with Crippen LogP contribution in [0.5, 0.6) is 5.75 Å². The number of nitrogens with zero attached hydrogens (tertiary/aromatic N) is 4. The SMILES string of the molecule is [N-]=[N+]=Nc1ccccc1[C@@H]1OC(c2ccc(OCCCO)cc2)=N[C@]1(Cc1ccc(Br)cc1)C(=O)NNC1CC1. The van der Waals surface area contributed by atoms with Crippen LogP contribution in [0.1, 0.15) is 42.1 Å². The van der Waals surface area contributed by atoms with Gasteiger partial charge in [-0.25, -0.2) is 10.4 Å². The molecule has 1 aliphatic carbocycles. The first-order valence-electron chi connectivity index (χ1n) is 13.1. The smallest absolute Gasteiger partial charge is 0.266 e. The number of azide groups is 1. The third-order valence-electron chi connectivity index (χ3n) is 6.76. The molecule has 0 saturated heterocycles. The van der Waals surface area contributed by atoms with Crippen LogP contribution in [0.25, 0.3) is 10.4 Å². The van der Waals surface area contributed by atoms with E-state index in [1.54, 1.807) is 30.3 Å². The van der Waals surface area contributed by atoms with Crippen LogP contribution in [0.3, 0.4) is 0 Å². The highest BCUT2D eigenvalue weighted by atomic mass is 79.9. The quantitative estimate of drug-likeness (QED) is 0.0830. The van der Waals surface area contributed by atoms with Crippen LogP contribution in [-0.4, -0.2) is 41.7 Å². The molecule has 0 radical (unpaired) electrons. The van der Waals surface area contributed by atoms with Gasteiger partial charge in [0, 0.05) is 51.7 Å². The van der Waals surface area contributed by atoms with Gasteiger partial charge in [0.1, 0.15) is 5.75 Å². The number of carbonyl (C=O) groups excluding carboxylic acids is 1. The van der Waals surface area contributed by atoms with Gasteiger partial charge in [-0.2, -0.15) is 0 Å². The number of hydrazine groups is 1. The third-order valence-corrected chi connectivity index (χ3v) is 7.28. The van der Waals surface area contributed by atoms with E-state index < -0.39 is 11.6 Å². The number of aliphatic hydroxyl groups is 1. The van der Waals surface area contributed by atoms with Gasteiger partial charge in [-0.15, -0.1) is 0 Å². The van der Waals surface area contributed by atoms with Crippen LogP contribution in [0, 0.1) is 0 Å². The Hall–Kier alpha value is -3.89. The minimum absolute atomic E-state index is 0.0551. The molecule has 206 valence electrons. The van der Waals surface area contributed by atoms with Gasteiger partial charge < -0.3 is 14.6 Å². The Balaban J connectivity index is 1.58. The zero-order valence-corrected chi connectivity index (χ0v) is 23.3. The standard InChI is InChI=1S/C29H29BrN6O4/c30-21-10-6-19(7-11-21)18-29(28(38)35-33-22-12-13-22)26(24-4-1-2-5-25(24)34-36-31)40-27(32-29)20-8-14-23(15-9-20)39-17-3-16-37/h1-2,4-11,14-15,22,26,33,37H,3,12-13,16-18H2,(H,35,38)/t26-,29-/m0/s1. The maximum Gasteiger partial charge on any atom is 0.266 e. The van der Waals surface area contributed by atoms with Gasteiger partial charge in [0.15, 0.2) is 11.6 Å². The molecular weight excluding hydrogens is 576 g/mol. The van der Waals surface area contributed by atoms with Gasteiger partial charge >= 0.3 is 0 Å². The van der Waals surface area contributed by atoms with Crippen molar-refractivity contribution in [2.24, 2.45) is 10.1 Å². The van der Waals surface area contributed by atoms with E-state index in [0.29, 0.717) is 41.5 Å². The molecule has 11 heteroatoms. The fraction of sp³-hybridized carbons (Fsp3) is 0.310. The van der Waals surface area contributed by atoms with Crippen LogP contribution in [0.4, 0.5) is 5.69 Å². The second-order valence-electron chi connectivity index (χ2n) is 9.71. The van der Waals surface area contributed by atoms with Crippen LogP contribution < -0.4 is 15.6 Å². The molecule has 2 atom stereocenters. The lowest BCUT2D eigenvalue weighted by atomic mass is 9.81. The molecule has 3 N–H and O–H groups in total. The fourth-order valence-corrected chi connectivity index (χ4v) is 4.79. The highest BCUT2D eigenvalue weighted by molar-refractivity contribution is 9.10. The number of ether oxygens (including phenoxy) is 2. The molecule has 10 nitrogen and oxygen atoms in total. The van der Waals surface area contributed by atoms with E-state index >= 15 is 0 Å². The first-order chi connectivity index (χ1) is 19.5. The van der Waals surface area contributed by atoms with Gasteiger partial charge in [0.2, 0.25) is 5.90 Å². The van der Waals surface area contributed by atoms with E-state index in [4.69, 9.17) is 19.6 Å². The number of rotatable bonds is 12. The van der Waals surface area contributed by atoms with Crippen molar-refractivity contribution in [1.82, 2.24) is 10.9 Å². The second-order valence-corrected chi connectivity index (χ2v) is 10.6. The van der Waals surface area contributed by atoms with E-state index in [9.17, 15) is 10.3 Å². The van der Waals surface area contributed by atoms with Gasteiger partial charge in [-0.1, -0.05) is 57.4 Å². The predicted molar refractivity (Wildman–Crippen MR) is 154 cm³/mol. The highest BCUT2D eigenvalue weighted by Crippen LogP contribution is 2.45. The van der Waals surface area contributed by atoms with Crippen molar-refractivity contribution in [3.63, 3.8) is 0 Å². The van der Waals surface area contributed by atoms with Crippen molar-refractivity contribution in [2.45, 2.75) is 43.4 Å². The molecule has 0 aromatic heterocycles. The van der Waals surface area contributed by atoms with Gasteiger partial charge in [-0.05, 0) is 60.3 Å². The molecule has 3 aromatic rings. The first kappa shape index (κ1) is 27.7. The summed E-state index contributed by atoms with van der Waals surface area (Å²) in [5.74, 6) is 0.594. The molecule has 2 aliphatic rings. The molecule has 0 bridgehead atoms. The normalized spacial score (nSPS) is 19.8. The molecule has 1 fully saturated rings. The molecule has 3 aromatic carbocycles. The molecule has 5 rings (SSSR count). The average molecular weight is 605 g/mol. The summed E-state index contributed by atoms with van der Waals surface area (Å²) in [5.41, 5.74) is 16.3. The van der Waals surface area contributed by atoms with Crippen LogP contribution in [-0.2, 0) is 16.0 Å². The van der Waals surface area contributed by atoms with E-state index in [1.807, 2.05) is 42.5 Å². The summed E-state index contributed by atoms with van der Waals surface area (Å²) in [4.78, 5) is 22.1. The summed E-state index contributed by atoms with van der Waals surface area (Å²) in [6.45, 7) is 0.454. The third kappa shape index (κ3) is 6.29. The summed E-state index contributed by atoms with van der Waals surface area (Å²) >= 11 is 3.48. The van der Waals surface area contributed by atoms with Crippen molar-refractivity contribution in [2.75, 3.05) is 13.2 Å². The fourth-order valence-electron chi connectivity index (χ4n) is 4.52. The lowest BCUT2D eigenvalue weighted by Gasteiger charge is -2.31. The van der Waals surface area contributed by atoms with E-state index in [0.717, 1.165) is 22.9 Å². The summed E-state index contributed by atoms with van der Waals surface area (Å²) < 4.78 is 13.1. The topological polar surface area (TPSA) is 141 Å². The zero-order chi connectivity index (χ0) is 28.0. The van der Waals surface area contributed by atoms with Crippen molar-refractivity contribution in [3.8, 4) is 5.75 Å². The Bertz CT molecular complexity index is 1420. The summed E-state index contributed by atoms with van der Waals surface area (Å²) in [7, 11) is 0. The summed E-state index contributed by atoms with van der Waals surface area (Å²) in [6, 6.07) is 22.3. The second kappa shape index (κ2) is 12.5. The van der Waals surface area contributed by atoms with Gasteiger partial charge in [-0.3, -0.25) is 10.2 Å².